The first-order valence-electron chi connectivity index (χ1n) is 8.47. The monoisotopic (exact) mass is 541 g/mol. The fourth-order valence-electron chi connectivity index (χ4n) is 1.70. The van der Waals surface area contributed by atoms with Gasteiger partial charge in [-0.05, 0) is 26.7 Å². The fraction of sp³-hybridized carbons (Fsp3) is 0.889. The van der Waals surface area contributed by atoms with Gasteiger partial charge in [-0.1, -0.05) is 80.7 Å². The summed E-state index contributed by atoms with van der Waals surface area (Å²) in [7, 11) is 1.43. The van der Waals surface area contributed by atoms with Crippen molar-refractivity contribution in [3.05, 3.63) is 0 Å². The van der Waals surface area contributed by atoms with Crippen LogP contribution in [0.4, 0.5) is 0 Å². The van der Waals surface area contributed by atoms with Crippen LogP contribution in [0.5, 0.6) is 0 Å². The Labute approximate surface area is 228 Å². The summed E-state index contributed by atoms with van der Waals surface area (Å²) >= 11 is 0. The Hall–Kier alpha value is -1.55. The van der Waals surface area contributed by atoms with Crippen LogP contribution in [-0.4, -0.2) is 76.1 Å². The number of rotatable bonds is 16. The largest absolute Gasteiger partial charge is 0.463 e. The van der Waals surface area contributed by atoms with E-state index in [4.69, 9.17) is 18.9 Å². The summed E-state index contributed by atoms with van der Waals surface area (Å²) in [5, 5.41) is 0. The van der Waals surface area contributed by atoms with Gasteiger partial charge in [0.15, 0.2) is 5.78 Å². The molecule has 0 spiro atoms. The lowest BCUT2D eigenvalue weighted by Gasteiger charge is -2.10. The van der Waals surface area contributed by atoms with Gasteiger partial charge in [0.05, 0.1) is 13.2 Å². The smallest absolute Gasteiger partial charge is 0.332 e. The summed E-state index contributed by atoms with van der Waals surface area (Å²) in [6, 6.07) is 0. The number of esters is 2. The lowest BCUT2D eigenvalue weighted by molar-refractivity contribution is -0.149. The normalized spacial score (nSPS) is 8.19. The van der Waals surface area contributed by atoms with Crippen LogP contribution >= 0.6 is 0 Å². The van der Waals surface area contributed by atoms with Gasteiger partial charge in [0.2, 0.25) is 0 Å². The van der Waals surface area contributed by atoms with E-state index in [1.54, 1.807) is 6.92 Å². The number of ether oxygens (including phenoxy) is 5. The van der Waals surface area contributed by atoms with Gasteiger partial charge in [-0.15, -0.1) is 0 Å². The summed E-state index contributed by atoms with van der Waals surface area (Å²) < 4.78 is 25.0. The molecule has 0 aromatic carbocycles. The van der Waals surface area contributed by atoms with Gasteiger partial charge in [0.25, 0.3) is 0 Å². The van der Waals surface area contributed by atoms with Crippen molar-refractivity contribution in [1.29, 1.82) is 0 Å². The Bertz CT molecular complexity index is 389. The molecule has 0 aliphatic rings. The van der Waals surface area contributed by atoms with Gasteiger partial charge in [-0.2, -0.15) is 0 Å². The first-order chi connectivity index (χ1) is 12.0. The van der Waals surface area contributed by atoms with Gasteiger partial charge in [0, 0.05) is 20.1 Å². The molecule has 0 heterocycles. The highest BCUT2D eigenvalue weighted by Crippen LogP contribution is 2.02. The molecular weight excluding hydrogens is 468 g/mol. The van der Waals surface area contributed by atoms with E-state index < -0.39 is 12.1 Å². The van der Waals surface area contributed by atoms with Gasteiger partial charge >= 0.3 is 11.9 Å². The molecule has 1 atom stereocenters. The van der Waals surface area contributed by atoms with E-state index in [0.717, 1.165) is 19.3 Å². The molecule has 2 N–H and O–H groups in total. The van der Waals surface area contributed by atoms with Crippen LogP contribution in [-0.2, 0) is 38.1 Å². The molecule has 0 aliphatic heterocycles. The predicted molar refractivity (Wildman–Crippen MR) is 160 cm³/mol. The van der Waals surface area contributed by atoms with E-state index in [1.807, 2.05) is 0 Å². The fourth-order valence-corrected chi connectivity index (χ4v) is 1.70. The maximum atomic E-state index is 11.5. The topological polar surface area (TPSA) is 129 Å². The number of Topliss-reactive ketones (excluding diaryl/α,β-unsaturated/α-hetero) is 1. The number of ketones is 1. The molecule has 0 aromatic rings. The van der Waals surface area contributed by atoms with E-state index in [9.17, 15) is 14.4 Å². The molecule has 9 nitrogen and oxygen atoms in total. The van der Waals surface area contributed by atoms with E-state index in [0.29, 0.717) is 19.6 Å². The lowest BCUT2D eigenvalue weighted by Crippen LogP contribution is -2.20. The summed E-state index contributed by atoms with van der Waals surface area (Å²) in [5.41, 5.74) is 0. The second kappa shape index (κ2) is 54.4. The van der Waals surface area contributed by atoms with Crippen LogP contribution in [0, 0.1) is 0 Å². The number of unbranched alkanes of at least 4 members (excludes halogenated alkanes) is 2. The van der Waals surface area contributed by atoms with E-state index >= 15 is 0 Å². The second-order valence-corrected chi connectivity index (χ2v) is 5.42. The average Bonchev–Trinajstić information content (AvgIpc) is 2.57. The zero-order chi connectivity index (χ0) is 18.9. The maximum Gasteiger partial charge on any atom is 0.332 e. The summed E-state index contributed by atoms with van der Waals surface area (Å²) in [4.78, 5) is 33.4. The number of carbonyl (C=O) groups excluding carboxylic acids is 3. The molecule has 0 saturated carbocycles. The molecular formula is C27H72O9. The Kier molecular flexibility index (Phi) is 116. The number of hydrogen-bond donors (Lipinski definition) is 0. The minimum atomic E-state index is -0.470. The molecule has 0 aliphatic carbocycles. The van der Waals surface area contributed by atoms with Crippen molar-refractivity contribution in [2.45, 2.75) is 120 Å². The van der Waals surface area contributed by atoms with Crippen molar-refractivity contribution >= 4 is 17.7 Å². The zero-order valence-electron chi connectivity index (χ0n) is 15.9. The maximum absolute atomic E-state index is 11.5. The molecule has 234 valence electrons. The van der Waals surface area contributed by atoms with Crippen molar-refractivity contribution in [2.24, 2.45) is 0 Å². The minimum Gasteiger partial charge on any atom is -0.463 e. The molecule has 0 rings (SSSR count). The molecule has 36 heavy (non-hydrogen) atoms. The average molecular weight is 541 g/mol. The Morgan fingerprint density at radius 1 is 0.639 bits per heavy atom. The third kappa shape index (κ3) is 53.7. The summed E-state index contributed by atoms with van der Waals surface area (Å²) in [6.45, 7) is 4.53. The van der Waals surface area contributed by atoms with Crippen molar-refractivity contribution in [1.82, 2.24) is 0 Å². The molecule has 1 unspecified atom stereocenters. The molecule has 0 aromatic heterocycles. The number of carbonyl (C=O) groups is 3. The summed E-state index contributed by atoms with van der Waals surface area (Å²) in [6.07, 6.45) is 2.25. The Morgan fingerprint density at radius 2 is 1.11 bits per heavy atom. The van der Waals surface area contributed by atoms with Crippen molar-refractivity contribution in [3.8, 4) is 0 Å². The second-order valence-electron chi connectivity index (χ2n) is 5.42. The van der Waals surface area contributed by atoms with Crippen LogP contribution in [0.25, 0.3) is 0 Å². The molecule has 9 heteroatoms. The van der Waals surface area contributed by atoms with Gasteiger partial charge in [0.1, 0.15) is 25.9 Å². The highest BCUT2D eigenvalue weighted by molar-refractivity contribution is 5.79. The lowest BCUT2D eigenvalue weighted by atomic mass is 10.2. The Balaban J connectivity index is -0.0000000524. The van der Waals surface area contributed by atoms with E-state index in [1.165, 1.54) is 14.0 Å². The third-order valence-corrected chi connectivity index (χ3v) is 3.21. The first kappa shape index (κ1) is 76.5. The van der Waals surface area contributed by atoms with E-state index in [2.05, 4.69) is 4.74 Å². The molecule has 0 bridgehead atoms. The van der Waals surface area contributed by atoms with Crippen molar-refractivity contribution in [3.63, 3.8) is 0 Å². The van der Waals surface area contributed by atoms with Crippen LogP contribution in [0.15, 0.2) is 0 Å². The highest BCUT2D eigenvalue weighted by atomic mass is 16.6. The molecule has 0 saturated heterocycles. The number of hydrogen-bond acceptors (Lipinski definition) is 8. The van der Waals surface area contributed by atoms with Crippen LogP contribution in [0.1, 0.15) is 114 Å². The molecule has 0 fully saturated rings. The van der Waals surface area contributed by atoms with Crippen molar-refractivity contribution < 1.29 is 43.5 Å². The SMILES string of the molecule is C.C.C.C.C.C.C.C.C.C.COCC(=O)OCCOCCCCCC(=O)OCCOC(C)C(C)=O.O. The highest BCUT2D eigenvalue weighted by Gasteiger charge is 2.08. The molecule has 0 amide bonds. The van der Waals surface area contributed by atoms with E-state index in [-0.39, 0.29) is 118 Å². The van der Waals surface area contributed by atoms with Gasteiger partial charge in [-0.25, -0.2) is 4.79 Å². The van der Waals surface area contributed by atoms with Gasteiger partial charge in [-0.3, -0.25) is 9.59 Å². The first-order valence-corrected chi connectivity index (χ1v) is 8.47. The zero-order valence-corrected chi connectivity index (χ0v) is 15.9. The van der Waals surface area contributed by atoms with Crippen LogP contribution < -0.4 is 0 Å². The molecule has 0 radical (unpaired) electrons. The number of methoxy groups -OCH3 is 1. The third-order valence-electron chi connectivity index (χ3n) is 3.21. The van der Waals surface area contributed by atoms with Crippen LogP contribution in [0.2, 0.25) is 0 Å². The van der Waals surface area contributed by atoms with Crippen molar-refractivity contribution in [2.75, 3.05) is 46.8 Å². The summed E-state index contributed by atoms with van der Waals surface area (Å²) in [5.74, 6) is -0.738. The van der Waals surface area contributed by atoms with Gasteiger partial charge < -0.3 is 29.2 Å². The predicted octanol–water partition coefficient (Wildman–Crippen LogP) is 6.83. The minimum absolute atomic E-state index is 0. The standard InChI is InChI=1S/C17H30O8.10CH4.H2O/c1-14(18)15(2)23-11-12-24-16(19)7-5-4-6-8-22-9-10-25-17(20)13-21-3;;;;;;;;;;;/h15H,4-13H2,1-3H3;10*1H4;1H2. The van der Waals surface area contributed by atoms with Crippen LogP contribution in [0.3, 0.4) is 0 Å². The Morgan fingerprint density at radius 3 is 1.58 bits per heavy atom. The quantitative estimate of drug-likeness (QED) is 0.154.